The number of anilines is 1. The summed E-state index contributed by atoms with van der Waals surface area (Å²) < 4.78 is 7.90. The second-order valence-electron chi connectivity index (χ2n) is 6.75. The van der Waals surface area contributed by atoms with Gasteiger partial charge in [0.15, 0.2) is 17.0 Å². The number of para-hydroxylation sites is 1. The van der Waals surface area contributed by atoms with E-state index in [1.165, 1.54) is 0 Å². The van der Waals surface area contributed by atoms with Crippen LogP contribution in [0.15, 0.2) is 67.0 Å². The van der Waals surface area contributed by atoms with Crippen LogP contribution in [-0.2, 0) is 0 Å². The van der Waals surface area contributed by atoms with Gasteiger partial charge in [-0.2, -0.15) is 0 Å². The average molecular weight is 373 g/mol. The summed E-state index contributed by atoms with van der Waals surface area (Å²) in [5, 5.41) is 3.34. The molecule has 4 aromatic rings. The summed E-state index contributed by atoms with van der Waals surface area (Å²) in [5.41, 5.74) is 2.66. The van der Waals surface area contributed by atoms with E-state index in [0.29, 0.717) is 13.2 Å². The first-order valence-corrected chi connectivity index (χ1v) is 9.44. The lowest BCUT2D eigenvalue weighted by Crippen LogP contribution is -2.13. The van der Waals surface area contributed by atoms with E-state index in [1.54, 1.807) is 6.33 Å². The number of ether oxygens (including phenoxy) is 1. The maximum atomic E-state index is 5.74. The topological polar surface area (TPSA) is 64.9 Å². The molecule has 0 fully saturated rings. The fraction of sp³-hybridized carbons (Fsp3) is 0.227. The van der Waals surface area contributed by atoms with Crippen molar-refractivity contribution in [3.05, 3.63) is 67.0 Å². The van der Waals surface area contributed by atoms with Gasteiger partial charge in [0.05, 0.1) is 6.54 Å². The highest BCUT2D eigenvalue weighted by Gasteiger charge is 2.18. The number of nitrogens with zero attached hydrogens (tertiary/aromatic N) is 4. The van der Waals surface area contributed by atoms with Crippen molar-refractivity contribution in [3.8, 4) is 17.1 Å². The first kappa shape index (κ1) is 18.0. The lowest BCUT2D eigenvalue weighted by molar-refractivity contribution is 0.333. The van der Waals surface area contributed by atoms with Gasteiger partial charge in [-0.1, -0.05) is 48.5 Å². The highest BCUT2D eigenvalue weighted by Crippen LogP contribution is 2.29. The van der Waals surface area contributed by atoms with Crippen molar-refractivity contribution in [3.63, 3.8) is 0 Å². The largest absolute Gasteiger partial charge is 0.492 e. The average Bonchev–Trinajstić information content (AvgIpc) is 3.13. The Morgan fingerprint density at radius 2 is 1.68 bits per heavy atom. The number of nitrogens with one attached hydrogen (secondary N) is 1. The highest BCUT2D eigenvalue weighted by molar-refractivity contribution is 5.86. The number of aromatic nitrogens is 4. The van der Waals surface area contributed by atoms with Crippen LogP contribution in [0.2, 0.25) is 0 Å². The third-order valence-electron chi connectivity index (χ3n) is 4.43. The minimum absolute atomic E-state index is 0.226. The Hall–Kier alpha value is -3.41. The van der Waals surface area contributed by atoms with E-state index < -0.39 is 0 Å². The van der Waals surface area contributed by atoms with Crippen molar-refractivity contribution in [2.75, 3.05) is 18.5 Å². The Morgan fingerprint density at radius 1 is 0.964 bits per heavy atom. The van der Waals surface area contributed by atoms with Gasteiger partial charge in [0, 0.05) is 11.6 Å². The van der Waals surface area contributed by atoms with Crippen molar-refractivity contribution < 1.29 is 4.74 Å². The molecule has 0 aliphatic carbocycles. The number of hydrogen-bond acceptors (Lipinski definition) is 5. The molecule has 0 aliphatic rings. The van der Waals surface area contributed by atoms with Crippen LogP contribution >= 0.6 is 0 Å². The molecule has 142 valence electrons. The maximum Gasteiger partial charge on any atom is 0.166 e. The Balaban J connectivity index is 1.59. The molecule has 4 rings (SSSR count). The van der Waals surface area contributed by atoms with Gasteiger partial charge < -0.3 is 14.6 Å². The molecule has 28 heavy (non-hydrogen) atoms. The standard InChI is InChI=1S/C22H23N5O/c1-16(2)27-21(17-9-5-3-6-10-17)26-19-20(24-15-25-22(19)27)23-13-14-28-18-11-7-4-8-12-18/h3-12,15-16H,13-14H2,1-2H3,(H,23,24,25). The molecule has 0 radical (unpaired) electrons. The first-order chi connectivity index (χ1) is 13.7. The van der Waals surface area contributed by atoms with Gasteiger partial charge in [-0.05, 0) is 26.0 Å². The molecule has 0 saturated carbocycles. The summed E-state index contributed by atoms with van der Waals surface area (Å²) in [6.45, 7) is 5.43. The van der Waals surface area contributed by atoms with Crippen LogP contribution in [0, 0.1) is 0 Å². The summed E-state index contributed by atoms with van der Waals surface area (Å²) in [6.07, 6.45) is 1.58. The Kier molecular flexibility index (Phi) is 5.19. The molecule has 6 nitrogen and oxygen atoms in total. The van der Waals surface area contributed by atoms with Crippen LogP contribution < -0.4 is 10.1 Å². The van der Waals surface area contributed by atoms with Crippen LogP contribution in [0.4, 0.5) is 5.82 Å². The molecule has 0 spiro atoms. The summed E-state index contributed by atoms with van der Waals surface area (Å²) in [4.78, 5) is 13.8. The van der Waals surface area contributed by atoms with Gasteiger partial charge in [-0.3, -0.25) is 0 Å². The van der Waals surface area contributed by atoms with Crippen LogP contribution in [0.3, 0.4) is 0 Å². The fourth-order valence-electron chi connectivity index (χ4n) is 3.17. The zero-order valence-electron chi connectivity index (χ0n) is 16.0. The van der Waals surface area contributed by atoms with Gasteiger partial charge in [-0.15, -0.1) is 0 Å². The summed E-state index contributed by atoms with van der Waals surface area (Å²) in [7, 11) is 0. The molecule has 0 bridgehead atoms. The summed E-state index contributed by atoms with van der Waals surface area (Å²) >= 11 is 0. The van der Waals surface area contributed by atoms with E-state index >= 15 is 0 Å². The summed E-state index contributed by atoms with van der Waals surface area (Å²) in [6, 6.07) is 20.2. The lowest BCUT2D eigenvalue weighted by Gasteiger charge is -2.12. The first-order valence-electron chi connectivity index (χ1n) is 9.44. The molecular weight excluding hydrogens is 350 g/mol. The van der Waals surface area contributed by atoms with E-state index in [-0.39, 0.29) is 6.04 Å². The molecule has 2 aromatic carbocycles. The normalized spacial score (nSPS) is 11.1. The predicted octanol–water partition coefficient (Wildman–Crippen LogP) is 4.57. The van der Waals surface area contributed by atoms with Gasteiger partial charge in [0.25, 0.3) is 0 Å². The highest BCUT2D eigenvalue weighted by atomic mass is 16.5. The second-order valence-corrected chi connectivity index (χ2v) is 6.75. The van der Waals surface area contributed by atoms with E-state index in [1.807, 2.05) is 48.5 Å². The van der Waals surface area contributed by atoms with Crippen molar-refractivity contribution >= 4 is 17.0 Å². The van der Waals surface area contributed by atoms with E-state index in [2.05, 4.69) is 45.8 Å². The van der Waals surface area contributed by atoms with Gasteiger partial charge >= 0.3 is 0 Å². The maximum absolute atomic E-state index is 5.74. The zero-order chi connectivity index (χ0) is 19.3. The van der Waals surface area contributed by atoms with Crippen molar-refractivity contribution in [1.29, 1.82) is 0 Å². The SMILES string of the molecule is CC(C)n1c(-c2ccccc2)nc2c(NCCOc3ccccc3)ncnc21. The minimum atomic E-state index is 0.226. The number of hydrogen-bond donors (Lipinski definition) is 1. The molecule has 0 unspecified atom stereocenters. The molecule has 0 atom stereocenters. The Bertz CT molecular complexity index is 1040. The van der Waals surface area contributed by atoms with Gasteiger partial charge in [-0.25, -0.2) is 15.0 Å². The smallest absolute Gasteiger partial charge is 0.166 e. The molecule has 2 heterocycles. The van der Waals surface area contributed by atoms with E-state index in [4.69, 9.17) is 9.72 Å². The predicted molar refractivity (Wildman–Crippen MR) is 112 cm³/mol. The molecule has 1 N–H and O–H groups in total. The van der Waals surface area contributed by atoms with Crippen molar-refractivity contribution in [1.82, 2.24) is 19.5 Å². The van der Waals surface area contributed by atoms with E-state index in [9.17, 15) is 0 Å². The summed E-state index contributed by atoms with van der Waals surface area (Å²) in [5.74, 6) is 2.47. The minimum Gasteiger partial charge on any atom is -0.492 e. The number of fused-ring (bicyclic) bond motifs is 1. The van der Waals surface area contributed by atoms with Crippen molar-refractivity contribution in [2.45, 2.75) is 19.9 Å². The van der Waals surface area contributed by atoms with Crippen molar-refractivity contribution in [2.24, 2.45) is 0 Å². The quantitative estimate of drug-likeness (QED) is 0.481. The third kappa shape index (κ3) is 3.67. The number of benzene rings is 2. The molecule has 2 aromatic heterocycles. The van der Waals surface area contributed by atoms with Gasteiger partial charge in [0.2, 0.25) is 0 Å². The zero-order valence-corrected chi connectivity index (χ0v) is 16.0. The van der Waals surface area contributed by atoms with Crippen LogP contribution in [0.1, 0.15) is 19.9 Å². The Morgan fingerprint density at radius 3 is 2.39 bits per heavy atom. The monoisotopic (exact) mass is 373 g/mol. The number of imidazole rings is 1. The molecule has 0 saturated heterocycles. The number of rotatable bonds is 7. The molecule has 0 aliphatic heterocycles. The second kappa shape index (κ2) is 8.08. The van der Waals surface area contributed by atoms with Crippen LogP contribution in [0.5, 0.6) is 5.75 Å². The van der Waals surface area contributed by atoms with Gasteiger partial charge in [0.1, 0.15) is 24.5 Å². The third-order valence-corrected chi connectivity index (χ3v) is 4.43. The molecule has 6 heteroatoms. The Labute approximate surface area is 164 Å². The van der Waals surface area contributed by atoms with Crippen LogP contribution in [-0.4, -0.2) is 32.7 Å². The van der Waals surface area contributed by atoms with E-state index in [0.717, 1.165) is 34.1 Å². The lowest BCUT2D eigenvalue weighted by atomic mass is 10.2. The molecular formula is C22H23N5O. The fourth-order valence-corrected chi connectivity index (χ4v) is 3.17. The molecule has 0 amide bonds. The van der Waals surface area contributed by atoms with Crippen LogP contribution in [0.25, 0.3) is 22.6 Å².